The topological polar surface area (TPSA) is 126 Å². The fraction of sp³-hybridized carbons (Fsp3) is 0.615. The minimum absolute atomic E-state index is 0.370. The van der Waals surface area contributed by atoms with Crippen molar-refractivity contribution in [3.8, 4) is 0 Å². The number of rotatable bonds is 4. The van der Waals surface area contributed by atoms with Gasteiger partial charge in [-0.1, -0.05) is 0 Å². The number of aliphatic hydroxyl groups excluding tert-OH is 3. The maximum atomic E-state index is 10.1. The van der Waals surface area contributed by atoms with Gasteiger partial charge in [0.1, 0.15) is 24.6 Å². The van der Waals surface area contributed by atoms with Crippen LogP contribution in [0.5, 0.6) is 0 Å². The SMILES string of the molecule is OC[C@H]1O[C@@H](n2cnc3c(NC4CC4)ncnc32)C(O)[C@H]1O. The Morgan fingerprint density at radius 2 is 2.05 bits per heavy atom. The van der Waals surface area contributed by atoms with E-state index in [0.29, 0.717) is 23.0 Å². The monoisotopic (exact) mass is 307 g/mol. The fourth-order valence-electron chi connectivity index (χ4n) is 2.67. The van der Waals surface area contributed by atoms with E-state index in [1.54, 1.807) is 4.57 Å². The largest absolute Gasteiger partial charge is 0.394 e. The fourth-order valence-corrected chi connectivity index (χ4v) is 2.67. The van der Waals surface area contributed by atoms with Crippen LogP contribution in [0.3, 0.4) is 0 Å². The third-order valence-electron chi connectivity index (χ3n) is 4.07. The van der Waals surface area contributed by atoms with Gasteiger partial charge in [0.2, 0.25) is 0 Å². The molecule has 3 heterocycles. The summed E-state index contributed by atoms with van der Waals surface area (Å²) in [4.78, 5) is 12.7. The summed E-state index contributed by atoms with van der Waals surface area (Å²) in [6.45, 7) is -0.370. The van der Waals surface area contributed by atoms with Crippen molar-refractivity contribution < 1.29 is 20.1 Å². The molecule has 0 radical (unpaired) electrons. The van der Waals surface area contributed by atoms with Crippen molar-refractivity contribution in [2.24, 2.45) is 0 Å². The summed E-state index contributed by atoms with van der Waals surface area (Å²) in [5.41, 5.74) is 1.10. The molecule has 9 heteroatoms. The molecule has 2 aromatic rings. The van der Waals surface area contributed by atoms with E-state index in [4.69, 9.17) is 4.74 Å². The third kappa shape index (κ3) is 2.13. The average Bonchev–Trinajstić information content (AvgIpc) is 3.16. The molecule has 1 unspecified atom stereocenters. The summed E-state index contributed by atoms with van der Waals surface area (Å²) in [7, 11) is 0. The number of hydrogen-bond acceptors (Lipinski definition) is 8. The van der Waals surface area contributed by atoms with E-state index in [1.807, 2.05) is 0 Å². The molecule has 4 N–H and O–H groups in total. The Kier molecular flexibility index (Phi) is 3.22. The van der Waals surface area contributed by atoms with Crippen LogP contribution in [-0.2, 0) is 4.74 Å². The molecular formula is C13H17N5O4. The van der Waals surface area contributed by atoms with Crippen molar-refractivity contribution >= 4 is 17.0 Å². The molecule has 118 valence electrons. The van der Waals surface area contributed by atoms with Gasteiger partial charge in [-0.3, -0.25) is 4.57 Å². The molecule has 0 amide bonds. The highest BCUT2D eigenvalue weighted by Crippen LogP contribution is 2.33. The Labute approximate surface area is 125 Å². The van der Waals surface area contributed by atoms with Crippen molar-refractivity contribution in [2.45, 2.75) is 43.4 Å². The standard InChI is InChI=1S/C13H17N5O4/c19-3-7-9(20)10(21)13(22-7)18-5-16-8-11(17-6-1-2-6)14-4-15-12(8)18/h4-7,9-10,13,19-21H,1-3H2,(H,14,15,17)/t7-,9+,10?,13-/m1/s1. The first kappa shape index (κ1) is 13.8. The number of nitrogens with zero attached hydrogens (tertiary/aromatic N) is 4. The van der Waals surface area contributed by atoms with Crippen LogP contribution in [0.2, 0.25) is 0 Å². The molecule has 22 heavy (non-hydrogen) atoms. The highest BCUT2D eigenvalue weighted by atomic mass is 16.6. The average molecular weight is 307 g/mol. The second-order valence-electron chi connectivity index (χ2n) is 5.69. The van der Waals surface area contributed by atoms with Crippen LogP contribution in [0.15, 0.2) is 12.7 Å². The molecule has 0 aromatic carbocycles. The first-order valence-electron chi connectivity index (χ1n) is 7.25. The molecule has 1 saturated carbocycles. The Balaban J connectivity index is 1.70. The number of anilines is 1. The zero-order chi connectivity index (χ0) is 15.3. The molecule has 2 fully saturated rings. The summed E-state index contributed by atoms with van der Waals surface area (Å²) in [5, 5.41) is 32.4. The number of fused-ring (bicyclic) bond motifs is 1. The summed E-state index contributed by atoms with van der Waals surface area (Å²) in [5.74, 6) is 0.651. The highest BCUT2D eigenvalue weighted by Gasteiger charge is 2.44. The lowest BCUT2D eigenvalue weighted by molar-refractivity contribution is -0.0511. The molecule has 4 rings (SSSR count). The van der Waals surface area contributed by atoms with Gasteiger partial charge in [0, 0.05) is 6.04 Å². The van der Waals surface area contributed by atoms with Crippen LogP contribution in [0, 0.1) is 0 Å². The van der Waals surface area contributed by atoms with Gasteiger partial charge >= 0.3 is 0 Å². The highest BCUT2D eigenvalue weighted by molar-refractivity contribution is 5.83. The number of ether oxygens (including phenoxy) is 1. The first-order valence-corrected chi connectivity index (χ1v) is 7.25. The lowest BCUT2D eigenvalue weighted by atomic mass is 10.1. The summed E-state index contributed by atoms with van der Waals surface area (Å²) >= 11 is 0. The van der Waals surface area contributed by atoms with Crippen molar-refractivity contribution in [1.82, 2.24) is 19.5 Å². The van der Waals surface area contributed by atoms with Gasteiger partial charge in [-0.25, -0.2) is 15.0 Å². The summed E-state index contributed by atoms with van der Waals surface area (Å²) in [6.07, 6.45) is 1.15. The Hall–Kier alpha value is -1.81. The molecule has 1 aliphatic carbocycles. The molecule has 2 aliphatic rings. The van der Waals surface area contributed by atoms with Gasteiger partial charge in [-0.2, -0.15) is 0 Å². The summed E-state index contributed by atoms with van der Waals surface area (Å²) < 4.78 is 7.07. The van der Waals surface area contributed by atoms with Crippen LogP contribution in [-0.4, -0.2) is 65.8 Å². The van der Waals surface area contributed by atoms with Gasteiger partial charge < -0.3 is 25.4 Å². The summed E-state index contributed by atoms with van der Waals surface area (Å²) in [6, 6.07) is 0.428. The third-order valence-corrected chi connectivity index (χ3v) is 4.07. The van der Waals surface area contributed by atoms with Gasteiger partial charge in [0.25, 0.3) is 0 Å². The van der Waals surface area contributed by atoms with Gasteiger partial charge in [0.05, 0.1) is 12.9 Å². The molecule has 0 spiro atoms. The van der Waals surface area contributed by atoms with Crippen LogP contribution in [0.25, 0.3) is 11.2 Å². The molecule has 2 aromatic heterocycles. The zero-order valence-corrected chi connectivity index (χ0v) is 11.7. The minimum atomic E-state index is -1.16. The number of hydrogen-bond donors (Lipinski definition) is 4. The maximum Gasteiger partial charge on any atom is 0.167 e. The Bertz CT molecular complexity index is 688. The molecule has 1 saturated heterocycles. The van der Waals surface area contributed by atoms with E-state index in [0.717, 1.165) is 12.8 Å². The minimum Gasteiger partial charge on any atom is -0.394 e. The van der Waals surface area contributed by atoms with Crippen molar-refractivity contribution in [3.63, 3.8) is 0 Å². The van der Waals surface area contributed by atoms with Crippen LogP contribution < -0.4 is 5.32 Å². The number of imidazole rings is 1. The predicted molar refractivity (Wildman–Crippen MR) is 75.0 cm³/mol. The first-order chi connectivity index (χ1) is 10.7. The van der Waals surface area contributed by atoms with Gasteiger partial charge in [-0.05, 0) is 12.8 Å². The zero-order valence-electron chi connectivity index (χ0n) is 11.7. The van der Waals surface area contributed by atoms with Gasteiger partial charge in [-0.15, -0.1) is 0 Å². The van der Waals surface area contributed by atoms with E-state index < -0.39 is 24.5 Å². The van der Waals surface area contributed by atoms with Crippen LogP contribution in [0.1, 0.15) is 19.1 Å². The molecule has 0 bridgehead atoms. The molecule has 9 nitrogen and oxygen atoms in total. The van der Waals surface area contributed by atoms with Crippen LogP contribution >= 0.6 is 0 Å². The second kappa shape index (κ2) is 5.13. The number of aromatic nitrogens is 4. The smallest absolute Gasteiger partial charge is 0.167 e. The van der Waals surface area contributed by atoms with Gasteiger partial charge in [0.15, 0.2) is 23.2 Å². The Morgan fingerprint density at radius 1 is 1.23 bits per heavy atom. The lowest BCUT2D eigenvalue weighted by Crippen LogP contribution is -2.33. The van der Waals surface area contributed by atoms with Crippen molar-refractivity contribution in [3.05, 3.63) is 12.7 Å². The molecule has 1 aliphatic heterocycles. The quantitative estimate of drug-likeness (QED) is 0.567. The molecular weight excluding hydrogens is 290 g/mol. The molecule has 4 atom stereocenters. The normalized spacial score (nSPS) is 31.8. The van der Waals surface area contributed by atoms with E-state index in [2.05, 4.69) is 20.3 Å². The van der Waals surface area contributed by atoms with Crippen LogP contribution in [0.4, 0.5) is 5.82 Å². The lowest BCUT2D eigenvalue weighted by Gasteiger charge is -2.16. The van der Waals surface area contributed by atoms with E-state index >= 15 is 0 Å². The number of aliphatic hydroxyl groups is 3. The van der Waals surface area contributed by atoms with Crippen molar-refractivity contribution in [2.75, 3.05) is 11.9 Å². The second-order valence-corrected chi connectivity index (χ2v) is 5.69. The predicted octanol–water partition coefficient (Wildman–Crippen LogP) is -0.988. The van der Waals surface area contributed by atoms with E-state index in [1.165, 1.54) is 12.7 Å². The maximum absolute atomic E-state index is 10.1. The number of nitrogens with one attached hydrogen (secondary N) is 1. The Morgan fingerprint density at radius 3 is 2.73 bits per heavy atom. The van der Waals surface area contributed by atoms with Crippen molar-refractivity contribution in [1.29, 1.82) is 0 Å². The van der Waals surface area contributed by atoms with E-state index in [9.17, 15) is 15.3 Å². The van der Waals surface area contributed by atoms with E-state index in [-0.39, 0.29) is 6.61 Å².